The number of benzene rings is 2. The molecule has 1 aromatic heterocycles. The molecule has 32 heavy (non-hydrogen) atoms. The van der Waals surface area contributed by atoms with Crippen molar-refractivity contribution in [2.24, 2.45) is 0 Å². The number of halogens is 1. The van der Waals surface area contributed by atoms with Gasteiger partial charge in [-0.25, -0.2) is 4.98 Å². The second-order valence-electron chi connectivity index (χ2n) is 7.45. The Bertz CT molecular complexity index is 876. The van der Waals surface area contributed by atoms with Gasteiger partial charge in [0.1, 0.15) is 24.7 Å². The van der Waals surface area contributed by atoms with Crippen LogP contribution in [0.1, 0.15) is 27.7 Å². The molecule has 0 spiro atoms. The van der Waals surface area contributed by atoms with E-state index in [1.807, 2.05) is 24.3 Å². The Hall–Kier alpha value is -1.56. The van der Waals surface area contributed by atoms with Crippen LogP contribution in [0.3, 0.4) is 0 Å². The molecule has 5 nitrogen and oxygen atoms in total. The summed E-state index contributed by atoms with van der Waals surface area (Å²) in [6.45, 7) is 16.1. The normalized spacial score (nSPS) is 10.9. The molecule has 3 rings (SSSR count). The van der Waals surface area contributed by atoms with Crippen molar-refractivity contribution < 1.29 is 26.5 Å². The average molecular weight is 502 g/mol. The van der Waals surface area contributed by atoms with Gasteiger partial charge in [-0.05, 0) is 56.5 Å². The minimum Gasteiger partial charge on any atom is -0.492 e. The van der Waals surface area contributed by atoms with Crippen molar-refractivity contribution in [3.8, 4) is 11.5 Å². The fraction of sp³-hybridized carbons (Fsp3) is 0.480. The van der Waals surface area contributed by atoms with E-state index < -0.39 is 0 Å². The van der Waals surface area contributed by atoms with E-state index in [0.29, 0.717) is 13.2 Å². The molecule has 2 aromatic carbocycles. The van der Waals surface area contributed by atoms with E-state index in [4.69, 9.17) is 14.5 Å². The van der Waals surface area contributed by atoms with Gasteiger partial charge in [0.05, 0.1) is 11.0 Å². The van der Waals surface area contributed by atoms with Crippen LogP contribution in [-0.4, -0.2) is 67.3 Å². The van der Waals surface area contributed by atoms with Crippen molar-refractivity contribution in [2.75, 3.05) is 52.5 Å². The quantitative estimate of drug-likeness (QED) is 0.250. The van der Waals surface area contributed by atoms with Gasteiger partial charge in [0.2, 0.25) is 0 Å². The maximum atomic E-state index is 5.97. The van der Waals surface area contributed by atoms with Crippen molar-refractivity contribution >= 4 is 34.2 Å². The third-order valence-corrected chi connectivity index (χ3v) is 5.70. The molecular formula is C25H36ClFeN3O2. The summed E-state index contributed by atoms with van der Waals surface area (Å²) in [5.41, 5.74) is 1.89. The summed E-state index contributed by atoms with van der Waals surface area (Å²) in [6.07, 6.45) is 0. The number of nitrogens with zero attached hydrogens (tertiary/aromatic N) is 3. The number of ether oxygens (including phenoxy) is 2. The number of likely N-dealkylation sites (N-methyl/N-ethyl adjacent to an activating group) is 2. The number of hydrogen-bond acceptors (Lipinski definition) is 5. The van der Waals surface area contributed by atoms with Gasteiger partial charge in [-0.3, -0.25) is 0 Å². The number of fused-ring (bicyclic) bond motifs is 2. The van der Waals surface area contributed by atoms with Gasteiger partial charge in [0, 0.05) is 53.1 Å². The SMILES string of the molecule is CCN(CC)CCOc1ccc2cc3ccc(OCCN(CC)CC)cc3nc2c1.Cl.[Fe]. The smallest absolute Gasteiger partial charge is 0.121 e. The number of rotatable bonds is 12. The largest absolute Gasteiger partial charge is 0.492 e. The van der Waals surface area contributed by atoms with Crippen LogP contribution < -0.4 is 9.47 Å². The molecule has 0 unspecified atom stereocenters. The van der Waals surface area contributed by atoms with E-state index in [1.165, 1.54) is 0 Å². The molecule has 3 aromatic rings. The molecule has 7 heteroatoms. The molecule has 0 saturated carbocycles. The van der Waals surface area contributed by atoms with Crippen LogP contribution in [0.4, 0.5) is 0 Å². The van der Waals surface area contributed by atoms with Crippen molar-refractivity contribution in [2.45, 2.75) is 27.7 Å². The number of aromatic nitrogens is 1. The topological polar surface area (TPSA) is 37.8 Å². The molecule has 0 fully saturated rings. The molecule has 0 amide bonds. The first-order chi connectivity index (χ1) is 14.7. The maximum Gasteiger partial charge on any atom is 0.121 e. The Labute approximate surface area is 209 Å². The second-order valence-corrected chi connectivity index (χ2v) is 7.45. The monoisotopic (exact) mass is 501 g/mol. The van der Waals surface area contributed by atoms with Gasteiger partial charge in [0.25, 0.3) is 0 Å². The molecule has 0 atom stereocenters. The van der Waals surface area contributed by atoms with Gasteiger partial charge in [-0.1, -0.05) is 27.7 Å². The van der Waals surface area contributed by atoms with Crippen molar-refractivity contribution in [3.63, 3.8) is 0 Å². The zero-order valence-corrected chi connectivity index (χ0v) is 21.5. The Morgan fingerprint density at radius 1 is 0.656 bits per heavy atom. The summed E-state index contributed by atoms with van der Waals surface area (Å²) in [5, 5.41) is 2.24. The van der Waals surface area contributed by atoms with Crippen LogP contribution in [0.2, 0.25) is 0 Å². The molecule has 178 valence electrons. The van der Waals surface area contributed by atoms with E-state index in [2.05, 4.69) is 55.7 Å². The van der Waals surface area contributed by atoms with Gasteiger partial charge in [0.15, 0.2) is 0 Å². The predicted octanol–water partition coefficient (Wildman–Crippen LogP) is 5.25. The molecule has 1 heterocycles. The summed E-state index contributed by atoms with van der Waals surface area (Å²) in [6, 6.07) is 14.5. The Balaban J connectivity index is 0.00000256. The first-order valence-corrected chi connectivity index (χ1v) is 11.2. The summed E-state index contributed by atoms with van der Waals surface area (Å²) in [4.78, 5) is 9.58. The second kappa shape index (κ2) is 14.6. The number of hydrogen-bond donors (Lipinski definition) is 0. The minimum absolute atomic E-state index is 0. The van der Waals surface area contributed by atoms with Crippen molar-refractivity contribution in [1.82, 2.24) is 14.8 Å². The summed E-state index contributed by atoms with van der Waals surface area (Å²) < 4.78 is 11.9. The van der Waals surface area contributed by atoms with E-state index in [1.54, 1.807) is 0 Å². The predicted molar refractivity (Wildman–Crippen MR) is 133 cm³/mol. The molecule has 0 saturated heterocycles. The van der Waals surface area contributed by atoms with Crippen LogP contribution in [-0.2, 0) is 17.1 Å². The Morgan fingerprint density at radius 2 is 1.06 bits per heavy atom. The average Bonchev–Trinajstić information content (AvgIpc) is 2.78. The zero-order valence-electron chi connectivity index (χ0n) is 19.6. The van der Waals surface area contributed by atoms with E-state index in [-0.39, 0.29) is 29.5 Å². The fourth-order valence-corrected chi connectivity index (χ4v) is 3.63. The fourth-order valence-electron chi connectivity index (χ4n) is 3.63. The molecule has 0 N–H and O–H groups in total. The van der Waals surface area contributed by atoms with Crippen molar-refractivity contribution in [3.05, 3.63) is 42.5 Å². The third-order valence-electron chi connectivity index (χ3n) is 5.70. The maximum absolute atomic E-state index is 5.97. The summed E-state index contributed by atoms with van der Waals surface area (Å²) >= 11 is 0. The molecular weight excluding hydrogens is 466 g/mol. The minimum atomic E-state index is 0. The van der Waals surface area contributed by atoms with E-state index in [0.717, 1.165) is 72.6 Å². The number of pyridine rings is 1. The van der Waals surface area contributed by atoms with Crippen LogP contribution in [0.5, 0.6) is 11.5 Å². The molecule has 0 radical (unpaired) electrons. The molecule has 0 aliphatic carbocycles. The van der Waals surface area contributed by atoms with Crippen LogP contribution in [0, 0.1) is 0 Å². The summed E-state index contributed by atoms with van der Waals surface area (Å²) in [7, 11) is 0. The zero-order chi connectivity index (χ0) is 21.3. The van der Waals surface area contributed by atoms with E-state index in [9.17, 15) is 0 Å². The van der Waals surface area contributed by atoms with Crippen molar-refractivity contribution in [1.29, 1.82) is 0 Å². The third kappa shape index (κ3) is 7.79. The van der Waals surface area contributed by atoms with Crippen LogP contribution in [0.25, 0.3) is 21.8 Å². The van der Waals surface area contributed by atoms with Crippen LogP contribution in [0.15, 0.2) is 42.5 Å². The van der Waals surface area contributed by atoms with Gasteiger partial charge >= 0.3 is 0 Å². The standard InChI is InChI=1S/C25H35N3O2.ClH.Fe/c1-5-27(6-2)13-15-29-22-11-9-20-17-21-10-12-23(19-25(21)26-24(20)18-22)30-16-14-28(7-3)8-4;;/h9-12,17-19H,5-8,13-16H2,1-4H3;1H;. The van der Waals surface area contributed by atoms with Gasteiger partial charge < -0.3 is 19.3 Å². The molecule has 0 aliphatic rings. The van der Waals surface area contributed by atoms with Gasteiger partial charge in [-0.15, -0.1) is 12.4 Å². The summed E-state index contributed by atoms with van der Waals surface area (Å²) in [5.74, 6) is 1.74. The molecule has 0 bridgehead atoms. The first kappa shape index (κ1) is 28.5. The van der Waals surface area contributed by atoms with E-state index >= 15 is 0 Å². The molecule has 0 aliphatic heterocycles. The Kier molecular flexibility index (Phi) is 13.0. The van der Waals surface area contributed by atoms with Gasteiger partial charge in [-0.2, -0.15) is 0 Å². The first-order valence-electron chi connectivity index (χ1n) is 11.2. The van der Waals surface area contributed by atoms with Crippen LogP contribution >= 0.6 is 12.4 Å². The Morgan fingerprint density at radius 3 is 1.44 bits per heavy atom.